The van der Waals surface area contributed by atoms with Crippen molar-refractivity contribution < 1.29 is 28.2 Å². The van der Waals surface area contributed by atoms with Gasteiger partial charge in [0.25, 0.3) is 0 Å². The number of nitrogens with zero attached hydrogens (tertiary/aromatic N) is 2. The van der Waals surface area contributed by atoms with Crippen molar-refractivity contribution in [3.8, 4) is 0 Å². The molecule has 1 aromatic carbocycles. The molecule has 0 saturated carbocycles. The molecule has 4 rings (SSSR count). The number of carboxylic acids is 2. The normalized spacial score (nSPS) is 19.6. The number of fused-ring (bicyclic) bond motifs is 1. The monoisotopic (exact) mass is 511 g/mol. The van der Waals surface area contributed by atoms with Crippen LogP contribution in [0, 0.1) is 6.92 Å². The summed E-state index contributed by atoms with van der Waals surface area (Å²) in [5.74, 6) is -3.30. The van der Waals surface area contributed by atoms with E-state index in [1.54, 1.807) is 4.68 Å². The first kappa shape index (κ1) is 26.2. The Labute approximate surface area is 204 Å². The first-order valence-electron chi connectivity index (χ1n) is 11.2. The first-order valence-corrected chi connectivity index (χ1v) is 13.4. The molecule has 9 nitrogen and oxygen atoms in total. The Morgan fingerprint density at radius 2 is 1.85 bits per heavy atom. The van der Waals surface area contributed by atoms with E-state index in [-0.39, 0.29) is 23.6 Å². The highest BCUT2D eigenvalue weighted by molar-refractivity contribution is 7.91. The van der Waals surface area contributed by atoms with Crippen molar-refractivity contribution in [2.45, 2.75) is 64.6 Å². The Morgan fingerprint density at radius 1 is 1.21 bits per heavy atom. The minimum atomic E-state index is -2.97. The number of aliphatic carboxylic acids is 2. The summed E-state index contributed by atoms with van der Waals surface area (Å²) in [5, 5.41) is 23.5. The van der Waals surface area contributed by atoms with Gasteiger partial charge < -0.3 is 15.5 Å². The van der Waals surface area contributed by atoms with Crippen LogP contribution in [0.15, 0.2) is 18.2 Å². The molecule has 11 heteroatoms. The fraction of sp³-hybridized carbons (Fsp3) is 0.522. The molecule has 0 spiro atoms. The van der Waals surface area contributed by atoms with Gasteiger partial charge >= 0.3 is 11.9 Å². The molecule has 34 heavy (non-hydrogen) atoms. The summed E-state index contributed by atoms with van der Waals surface area (Å²) in [7, 11) is -2.97. The zero-order valence-electron chi connectivity index (χ0n) is 19.3. The molecule has 1 saturated heterocycles. The van der Waals surface area contributed by atoms with Crippen LogP contribution in [0.5, 0.6) is 0 Å². The molecule has 1 aliphatic heterocycles. The Bertz CT molecular complexity index is 1170. The van der Waals surface area contributed by atoms with E-state index in [0.29, 0.717) is 18.1 Å². The summed E-state index contributed by atoms with van der Waals surface area (Å²) >= 11 is 6.59. The minimum absolute atomic E-state index is 0.131. The van der Waals surface area contributed by atoms with Crippen LogP contribution in [0.3, 0.4) is 0 Å². The van der Waals surface area contributed by atoms with Gasteiger partial charge in [0.1, 0.15) is 5.15 Å². The van der Waals surface area contributed by atoms with Gasteiger partial charge in [-0.15, -0.1) is 0 Å². The molecule has 3 N–H and O–H groups in total. The third-order valence-electron chi connectivity index (χ3n) is 6.34. The number of aryl methyl sites for hydroxylation is 3. The molecular formula is C23H30ClN3O6S. The molecule has 1 aliphatic carbocycles. The number of nitrogens with one attached hydrogen (secondary N) is 1. The largest absolute Gasteiger partial charge is 0.473 e. The van der Waals surface area contributed by atoms with Crippen molar-refractivity contribution in [3.05, 3.63) is 51.3 Å². The van der Waals surface area contributed by atoms with E-state index in [4.69, 9.17) is 31.4 Å². The van der Waals surface area contributed by atoms with Gasteiger partial charge in [-0.3, -0.25) is 0 Å². The van der Waals surface area contributed by atoms with Gasteiger partial charge in [-0.25, -0.2) is 22.7 Å². The maximum absolute atomic E-state index is 11.8. The van der Waals surface area contributed by atoms with Crippen molar-refractivity contribution in [3.63, 3.8) is 0 Å². The Hall–Kier alpha value is -2.43. The summed E-state index contributed by atoms with van der Waals surface area (Å²) in [5.41, 5.74) is 6.09. The van der Waals surface area contributed by atoms with E-state index in [1.807, 2.05) is 6.92 Å². The lowest BCUT2D eigenvalue weighted by molar-refractivity contribution is -0.159. The zero-order valence-corrected chi connectivity index (χ0v) is 20.8. The van der Waals surface area contributed by atoms with E-state index in [9.17, 15) is 8.42 Å². The van der Waals surface area contributed by atoms with E-state index in [0.717, 1.165) is 11.3 Å². The number of carboxylic acid groups (broad SMARTS) is 2. The molecule has 1 aromatic heterocycles. The standard InChI is InChI=1S/C21H28ClN3O2S.C2H2O4/c1-14(17-8-7-16-5-3-4-6-18(16)11-17)23-12-20-15(2)24-25(21(20)22)19-9-10-28(26,27)13-19;3-1(4)2(5)6/h7-8,11,14,19,23H,3-6,9-10,12-13H2,1-2H3;(H,3,4)(H,5,6). The predicted molar refractivity (Wildman–Crippen MR) is 128 cm³/mol. The highest BCUT2D eigenvalue weighted by Gasteiger charge is 2.32. The van der Waals surface area contributed by atoms with Gasteiger partial charge in [-0.05, 0) is 62.6 Å². The van der Waals surface area contributed by atoms with Gasteiger partial charge in [0.05, 0.1) is 23.2 Å². The molecule has 0 amide bonds. The molecule has 2 unspecified atom stereocenters. The van der Waals surface area contributed by atoms with Crippen LogP contribution in [-0.4, -0.2) is 51.9 Å². The van der Waals surface area contributed by atoms with Crippen molar-refractivity contribution in [1.29, 1.82) is 0 Å². The van der Waals surface area contributed by atoms with Crippen LogP contribution in [0.1, 0.15) is 66.2 Å². The predicted octanol–water partition coefficient (Wildman–Crippen LogP) is 3.09. The number of halogens is 1. The molecule has 1 fully saturated rings. The quantitative estimate of drug-likeness (QED) is 0.520. The lowest BCUT2D eigenvalue weighted by Gasteiger charge is -2.20. The third-order valence-corrected chi connectivity index (χ3v) is 8.49. The second-order valence-corrected chi connectivity index (χ2v) is 11.4. The Kier molecular flexibility index (Phi) is 8.38. The molecule has 2 atom stereocenters. The number of benzene rings is 1. The second kappa shape index (κ2) is 10.9. The average Bonchev–Trinajstić information content (AvgIpc) is 3.29. The minimum Gasteiger partial charge on any atom is -0.473 e. The molecular weight excluding hydrogens is 482 g/mol. The maximum atomic E-state index is 11.8. The van der Waals surface area contributed by atoms with Gasteiger partial charge in [0.2, 0.25) is 0 Å². The molecule has 0 radical (unpaired) electrons. The lowest BCUT2D eigenvalue weighted by atomic mass is 9.89. The van der Waals surface area contributed by atoms with E-state index in [1.165, 1.54) is 42.4 Å². The van der Waals surface area contributed by atoms with Crippen LogP contribution < -0.4 is 5.32 Å². The van der Waals surface area contributed by atoms with Crippen molar-refractivity contribution in [2.75, 3.05) is 11.5 Å². The summed E-state index contributed by atoms with van der Waals surface area (Å²) in [6, 6.07) is 6.90. The summed E-state index contributed by atoms with van der Waals surface area (Å²) in [6.45, 7) is 4.72. The van der Waals surface area contributed by atoms with Crippen LogP contribution in [0.2, 0.25) is 5.15 Å². The SMILES string of the molecule is Cc1nn(C2CCS(=O)(=O)C2)c(Cl)c1CNC(C)c1ccc2c(c1)CCCC2.O=C(O)C(=O)O. The summed E-state index contributed by atoms with van der Waals surface area (Å²) in [4.78, 5) is 18.2. The lowest BCUT2D eigenvalue weighted by Crippen LogP contribution is -2.19. The second-order valence-electron chi connectivity index (χ2n) is 8.80. The van der Waals surface area contributed by atoms with E-state index >= 15 is 0 Å². The number of sulfone groups is 1. The third kappa shape index (κ3) is 6.37. The Morgan fingerprint density at radius 3 is 2.44 bits per heavy atom. The smallest absolute Gasteiger partial charge is 0.414 e. The molecule has 186 valence electrons. The van der Waals surface area contributed by atoms with Crippen LogP contribution in [-0.2, 0) is 38.8 Å². The van der Waals surface area contributed by atoms with Crippen LogP contribution in [0.4, 0.5) is 0 Å². The first-order chi connectivity index (χ1) is 16.0. The topological polar surface area (TPSA) is 139 Å². The summed E-state index contributed by atoms with van der Waals surface area (Å²) < 4.78 is 25.3. The summed E-state index contributed by atoms with van der Waals surface area (Å²) in [6.07, 6.45) is 5.54. The molecule has 2 aromatic rings. The van der Waals surface area contributed by atoms with Crippen LogP contribution in [0.25, 0.3) is 0 Å². The highest BCUT2D eigenvalue weighted by atomic mass is 35.5. The maximum Gasteiger partial charge on any atom is 0.414 e. The average molecular weight is 512 g/mol. The fourth-order valence-electron chi connectivity index (χ4n) is 4.36. The van der Waals surface area contributed by atoms with Crippen molar-refractivity contribution in [2.24, 2.45) is 0 Å². The number of aromatic nitrogens is 2. The molecule has 2 aliphatic rings. The number of carbonyl (C=O) groups is 2. The zero-order chi connectivity index (χ0) is 25.0. The van der Waals surface area contributed by atoms with Gasteiger partial charge in [-0.2, -0.15) is 5.10 Å². The van der Waals surface area contributed by atoms with E-state index in [2.05, 4.69) is 35.5 Å². The van der Waals surface area contributed by atoms with Crippen LogP contribution >= 0.6 is 11.6 Å². The number of rotatable bonds is 5. The highest BCUT2D eigenvalue weighted by Crippen LogP contribution is 2.30. The number of hydrogen-bond donors (Lipinski definition) is 3. The van der Waals surface area contributed by atoms with Gasteiger partial charge in [0.15, 0.2) is 9.84 Å². The van der Waals surface area contributed by atoms with Gasteiger partial charge in [0, 0.05) is 18.2 Å². The van der Waals surface area contributed by atoms with Gasteiger partial charge in [-0.1, -0.05) is 29.8 Å². The fourth-order valence-corrected chi connectivity index (χ4v) is 6.43. The van der Waals surface area contributed by atoms with Crippen molar-refractivity contribution >= 4 is 33.4 Å². The van der Waals surface area contributed by atoms with E-state index < -0.39 is 21.8 Å². The number of hydrogen-bond acceptors (Lipinski definition) is 6. The molecule has 0 bridgehead atoms. The Balaban J connectivity index is 0.000000481. The molecule has 2 heterocycles. The van der Waals surface area contributed by atoms with Crippen molar-refractivity contribution in [1.82, 2.24) is 15.1 Å².